The summed E-state index contributed by atoms with van der Waals surface area (Å²) in [6.07, 6.45) is 36.7. The Labute approximate surface area is 303 Å². The smallest absolute Gasteiger partial charge is 0.0438 e. The molecule has 4 N–H and O–H groups in total. The van der Waals surface area contributed by atoms with Crippen LogP contribution in [0.25, 0.3) is 23.3 Å². The first-order valence-electron chi connectivity index (χ1n) is 20.9. The molecule has 1 aliphatic heterocycles. The van der Waals surface area contributed by atoms with E-state index in [0.29, 0.717) is 0 Å². The van der Waals surface area contributed by atoms with Crippen LogP contribution in [0.2, 0.25) is 0 Å². The summed E-state index contributed by atoms with van der Waals surface area (Å²) in [4.78, 5) is 15.1. The van der Waals surface area contributed by atoms with Gasteiger partial charge in [-0.2, -0.15) is 0 Å². The van der Waals surface area contributed by atoms with Crippen LogP contribution in [0.1, 0.15) is 191 Å². The quantitative estimate of drug-likeness (QED) is 0.0534. The Morgan fingerprint density at radius 2 is 0.700 bits per heavy atom. The zero-order valence-corrected chi connectivity index (χ0v) is 31.7. The fraction of sp³-hybridized carbons (Fsp3) is 0.565. The lowest BCUT2D eigenvalue weighted by molar-refractivity contribution is 0.551. The first-order valence-corrected chi connectivity index (χ1v) is 20.9. The summed E-state index contributed by atoms with van der Waals surface area (Å²) in [7, 11) is 0. The van der Waals surface area contributed by atoms with Crippen LogP contribution < -0.4 is 21.4 Å². The van der Waals surface area contributed by atoms with Gasteiger partial charge >= 0.3 is 0 Å². The first kappa shape index (κ1) is 37.8. The zero-order valence-electron chi connectivity index (χ0n) is 31.7. The molecule has 0 atom stereocenters. The summed E-state index contributed by atoms with van der Waals surface area (Å²) < 4.78 is 0. The fourth-order valence-electron chi connectivity index (χ4n) is 7.79. The second kappa shape index (κ2) is 21.7. The molecule has 5 heterocycles. The molecule has 8 bridgehead atoms. The molecule has 0 radical (unpaired) electrons. The number of rotatable bonds is 24. The van der Waals surface area contributed by atoms with Crippen molar-refractivity contribution in [3.8, 4) is 0 Å². The third-order valence-corrected chi connectivity index (χ3v) is 10.8. The fourth-order valence-corrected chi connectivity index (χ4v) is 7.79. The van der Waals surface area contributed by atoms with Gasteiger partial charge in [0, 0.05) is 44.2 Å². The Hall–Kier alpha value is -3.40. The van der Waals surface area contributed by atoms with E-state index in [1.165, 1.54) is 174 Å². The monoisotopic (exact) mass is 677 g/mol. The molecule has 0 spiro atoms. The third kappa shape index (κ3) is 12.4. The van der Waals surface area contributed by atoms with Crippen molar-refractivity contribution in [3.05, 3.63) is 92.7 Å². The van der Waals surface area contributed by atoms with Crippen molar-refractivity contribution in [2.75, 3.05) is 0 Å². The second-order valence-electron chi connectivity index (χ2n) is 15.1. The van der Waals surface area contributed by atoms with Crippen molar-refractivity contribution < 1.29 is 0 Å². The van der Waals surface area contributed by atoms with Crippen molar-refractivity contribution in [2.24, 2.45) is 0 Å². The van der Waals surface area contributed by atoms with Gasteiger partial charge in [0.1, 0.15) is 0 Å². The van der Waals surface area contributed by atoms with E-state index in [9.17, 15) is 0 Å². The summed E-state index contributed by atoms with van der Waals surface area (Å²) in [5.41, 5.74) is 7.54. The highest BCUT2D eigenvalue weighted by Crippen LogP contribution is 2.22. The van der Waals surface area contributed by atoms with Crippen molar-refractivity contribution in [1.82, 2.24) is 19.9 Å². The molecule has 0 amide bonds. The molecule has 5 rings (SSSR count). The number of unbranched alkanes of at least 4 members (excludes halogenated alkanes) is 20. The van der Waals surface area contributed by atoms with E-state index in [2.05, 4.69) is 94.5 Å². The summed E-state index contributed by atoms with van der Waals surface area (Å²) >= 11 is 0. The molecule has 272 valence electrons. The SMILES string of the molecule is CCCCCCCCCCCCCC1=c2ccc([nH]2)=C(CCCCCCCCCCCCC)c2ccc([nH]2)C=c2ccc([nH]2)=Cc2ccc1[nH]2. The van der Waals surface area contributed by atoms with Crippen LogP contribution in [0.3, 0.4) is 0 Å². The van der Waals surface area contributed by atoms with Gasteiger partial charge in [-0.1, -0.05) is 142 Å². The summed E-state index contributed by atoms with van der Waals surface area (Å²) in [5, 5.41) is 4.73. The molecule has 4 heteroatoms. The molecule has 0 saturated carbocycles. The van der Waals surface area contributed by atoms with Crippen LogP contribution in [0.15, 0.2) is 48.5 Å². The van der Waals surface area contributed by atoms with Gasteiger partial charge in [-0.3, -0.25) is 0 Å². The van der Waals surface area contributed by atoms with Crippen LogP contribution in [0.5, 0.6) is 0 Å². The van der Waals surface area contributed by atoms with Crippen molar-refractivity contribution in [2.45, 2.75) is 168 Å². The molecule has 4 nitrogen and oxygen atoms in total. The normalized spacial score (nSPS) is 12.8. The lowest BCUT2D eigenvalue weighted by atomic mass is 10.0. The van der Waals surface area contributed by atoms with Crippen molar-refractivity contribution in [3.63, 3.8) is 0 Å². The van der Waals surface area contributed by atoms with Gasteiger partial charge in [0.05, 0.1) is 0 Å². The van der Waals surface area contributed by atoms with E-state index < -0.39 is 0 Å². The number of aromatic nitrogens is 4. The van der Waals surface area contributed by atoms with E-state index in [0.717, 1.165) is 34.9 Å². The van der Waals surface area contributed by atoms with Crippen molar-refractivity contribution >= 4 is 23.3 Å². The minimum atomic E-state index is 1.08. The molecule has 1 aliphatic rings. The van der Waals surface area contributed by atoms with Gasteiger partial charge in [-0.05, 0) is 97.5 Å². The average Bonchev–Trinajstić information content (AvgIpc) is 3.96. The molecule has 4 aromatic rings. The van der Waals surface area contributed by atoms with Gasteiger partial charge < -0.3 is 19.9 Å². The van der Waals surface area contributed by atoms with Gasteiger partial charge in [-0.15, -0.1) is 0 Å². The number of aromatic amines is 4. The lowest BCUT2D eigenvalue weighted by Crippen LogP contribution is -2.17. The predicted molar refractivity (Wildman–Crippen MR) is 216 cm³/mol. The maximum absolute atomic E-state index is 3.93. The van der Waals surface area contributed by atoms with E-state index in [1.54, 1.807) is 0 Å². The minimum absolute atomic E-state index is 1.08. The first-order chi connectivity index (χ1) is 24.7. The Balaban J connectivity index is 1.29. The Bertz CT molecular complexity index is 1630. The van der Waals surface area contributed by atoms with E-state index in [1.807, 2.05) is 0 Å². The Morgan fingerprint density at radius 1 is 0.340 bits per heavy atom. The number of fused-ring (bicyclic) bond motifs is 8. The maximum atomic E-state index is 3.93. The van der Waals surface area contributed by atoms with Crippen LogP contribution in [0.4, 0.5) is 0 Å². The van der Waals surface area contributed by atoms with Gasteiger partial charge in [-0.25, -0.2) is 0 Å². The minimum Gasteiger partial charge on any atom is -0.355 e. The van der Waals surface area contributed by atoms with E-state index in [-0.39, 0.29) is 0 Å². The number of nitrogens with one attached hydrogen (secondary N) is 4. The van der Waals surface area contributed by atoms with Crippen LogP contribution in [-0.2, 0) is 0 Å². The highest BCUT2D eigenvalue weighted by molar-refractivity contribution is 5.66. The number of hydrogen-bond acceptors (Lipinski definition) is 0. The zero-order chi connectivity index (χ0) is 34.6. The van der Waals surface area contributed by atoms with Crippen molar-refractivity contribution in [1.29, 1.82) is 0 Å². The molecule has 4 aromatic heterocycles. The average molecular weight is 677 g/mol. The van der Waals surface area contributed by atoms with Crippen LogP contribution in [-0.4, -0.2) is 19.9 Å². The molecule has 0 fully saturated rings. The molecule has 50 heavy (non-hydrogen) atoms. The summed E-state index contributed by atoms with van der Waals surface area (Å²) in [6, 6.07) is 18.0. The van der Waals surface area contributed by atoms with Crippen LogP contribution in [0, 0.1) is 0 Å². The second-order valence-corrected chi connectivity index (χ2v) is 15.1. The standard InChI is InChI=1S/C46H68N4/c1-3-5-7-9-11-13-15-17-19-21-23-25-41-43-31-29-39(48-43)35-37-27-28-38(47-37)36-40-30-32-44(49-40)42(46-34-33-45(41)50-46)26-24-22-20-18-16-14-12-10-8-6-4-2/h27-36,47-50H,3-26H2,1-2H3. The lowest BCUT2D eigenvalue weighted by Gasteiger charge is -2.07. The molecular formula is C46H68N4. The topological polar surface area (TPSA) is 63.2 Å². The highest BCUT2D eigenvalue weighted by Gasteiger charge is 2.11. The maximum Gasteiger partial charge on any atom is 0.0438 e. The number of hydrogen-bond donors (Lipinski definition) is 4. The molecule has 0 unspecified atom stereocenters. The largest absolute Gasteiger partial charge is 0.355 e. The molecule has 0 aliphatic carbocycles. The Morgan fingerprint density at radius 3 is 1.08 bits per heavy atom. The molecular weight excluding hydrogens is 609 g/mol. The van der Waals surface area contributed by atoms with E-state index >= 15 is 0 Å². The van der Waals surface area contributed by atoms with Gasteiger partial charge in [0.15, 0.2) is 0 Å². The highest BCUT2D eigenvalue weighted by atomic mass is 14.8. The predicted octanol–water partition coefficient (Wildman–Crippen LogP) is 10.8. The molecule has 0 aromatic carbocycles. The van der Waals surface area contributed by atoms with E-state index in [4.69, 9.17) is 0 Å². The number of H-pyrrole nitrogens is 4. The summed E-state index contributed by atoms with van der Waals surface area (Å²) in [5.74, 6) is 0. The van der Waals surface area contributed by atoms with Gasteiger partial charge in [0.25, 0.3) is 0 Å². The van der Waals surface area contributed by atoms with Gasteiger partial charge in [0.2, 0.25) is 0 Å². The molecule has 0 saturated heterocycles. The van der Waals surface area contributed by atoms with Crippen LogP contribution >= 0.6 is 0 Å². The Kier molecular flexibility index (Phi) is 16.5. The summed E-state index contributed by atoms with van der Waals surface area (Å²) in [6.45, 7) is 4.60. The third-order valence-electron chi connectivity index (χ3n) is 10.8.